The van der Waals surface area contributed by atoms with E-state index in [9.17, 15) is 9.59 Å². The predicted octanol–water partition coefficient (Wildman–Crippen LogP) is 3.14. The molecule has 144 valence electrons. The highest BCUT2D eigenvalue weighted by Gasteiger charge is 2.64. The molecular formula is C18H32O6Si. The maximum absolute atomic E-state index is 12.6. The zero-order valence-corrected chi connectivity index (χ0v) is 17.0. The molecule has 1 aliphatic carbocycles. The van der Waals surface area contributed by atoms with Crippen molar-refractivity contribution in [2.45, 2.75) is 52.5 Å². The second-order valence-electron chi connectivity index (χ2n) is 6.12. The number of Topliss-reactive ketones (excluding diaryl/α,β-unsaturated/α-hetero) is 1. The average Bonchev–Trinajstić information content (AvgIpc) is 3.35. The maximum atomic E-state index is 12.6. The van der Waals surface area contributed by atoms with Crippen LogP contribution in [-0.2, 0) is 27.6 Å². The Morgan fingerprint density at radius 3 is 2.24 bits per heavy atom. The van der Waals surface area contributed by atoms with Gasteiger partial charge in [0, 0.05) is 38.7 Å². The van der Waals surface area contributed by atoms with Gasteiger partial charge in [-0.05, 0) is 40.0 Å². The Kier molecular flexibility index (Phi) is 8.99. The van der Waals surface area contributed by atoms with E-state index in [0.29, 0.717) is 38.5 Å². The molecule has 7 heteroatoms. The number of carbonyl (C=O) groups excluding carboxylic acids is 2. The number of unbranched alkanes of at least 4 members (excludes halogenated alkanes) is 1. The summed E-state index contributed by atoms with van der Waals surface area (Å²) in [6, 6.07) is 0.662. The molecule has 1 rings (SSSR count). The first-order valence-corrected chi connectivity index (χ1v) is 11.1. The molecule has 0 heterocycles. The summed E-state index contributed by atoms with van der Waals surface area (Å²) < 4.78 is 22.1. The molecule has 2 atom stereocenters. The van der Waals surface area contributed by atoms with Crippen LogP contribution < -0.4 is 0 Å². The molecule has 0 aromatic heterocycles. The molecular weight excluding hydrogens is 340 g/mol. The molecule has 6 nitrogen and oxygen atoms in total. The van der Waals surface area contributed by atoms with Gasteiger partial charge in [0.2, 0.25) is 0 Å². The smallest absolute Gasteiger partial charge is 0.465 e. The molecule has 0 spiro atoms. The molecule has 0 aromatic rings. The lowest BCUT2D eigenvalue weighted by atomic mass is 9.94. The molecule has 1 fully saturated rings. The largest absolute Gasteiger partial charge is 0.500 e. The van der Waals surface area contributed by atoms with Crippen molar-refractivity contribution >= 4 is 20.6 Å². The van der Waals surface area contributed by atoms with Crippen LogP contribution in [0.2, 0.25) is 6.04 Å². The van der Waals surface area contributed by atoms with Crippen LogP contribution in [0, 0.1) is 11.3 Å². The average molecular weight is 373 g/mol. The highest BCUT2D eigenvalue weighted by Crippen LogP contribution is 2.55. The molecule has 0 amide bonds. The van der Waals surface area contributed by atoms with Crippen LogP contribution in [0.4, 0.5) is 0 Å². The van der Waals surface area contributed by atoms with E-state index in [-0.39, 0.29) is 18.3 Å². The van der Waals surface area contributed by atoms with Crippen LogP contribution in [0.1, 0.15) is 46.5 Å². The zero-order valence-electron chi connectivity index (χ0n) is 16.0. The molecule has 0 N–H and O–H groups in total. The second kappa shape index (κ2) is 10.2. The summed E-state index contributed by atoms with van der Waals surface area (Å²) in [4.78, 5) is 24.8. The fourth-order valence-corrected chi connectivity index (χ4v) is 5.57. The lowest BCUT2D eigenvalue weighted by Gasteiger charge is -2.27. The Balaban J connectivity index is 2.55. The van der Waals surface area contributed by atoms with Gasteiger partial charge in [0.05, 0.1) is 6.61 Å². The third-order valence-electron chi connectivity index (χ3n) is 4.61. The minimum atomic E-state index is -2.65. The fourth-order valence-electron chi connectivity index (χ4n) is 3.20. The molecule has 2 unspecified atom stereocenters. The van der Waals surface area contributed by atoms with E-state index in [2.05, 4.69) is 6.58 Å². The molecule has 0 bridgehead atoms. The minimum Gasteiger partial charge on any atom is -0.465 e. The highest BCUT2D eigenvalue weighted by molar-refractivity contribution is 6.60. The van der Waals surface area contributed by atoms with Crippen molar-refractivity contribution in [1.82, 2.24) is 0 Å². The Morgan fingerprint density at radius 2 is 1.80 bits per heavy atom. The molecule has 25 heavy (non-hydrogen) atoms. The fraction of sp³-hybridized carbons (Fsp3) is 0.778. The predicted molar refractivity (Wildman–Crippen MR) is 97.1 cm³/mol. The Morgan fingerprint density at radius 1 is 1.16 bits per heavy atom. The first-order valence-electron chi connectivity index (χ1n) is 9.12. The van der Waals surface area contributed by atoms with Gasteiger partial charge >= 0.3 is 14.8 Å². The number of ether oxygens (including phenoxy) is 1. The van der Waals surface area contributed by atoms with E-state index in [1.165, 1.54) is 0 Å². The third-order valence-corrected chi connectivity index (χ3v) is 7.66. The van der Waals surface area contributed by atoms with E-state index in [1.807, 2.05) is 13.8 Å². The van der Waals surface area contributed by atoms with E-state index in [1.54, 1.807) is 20.1 Å². The van der Waals surface area contributed by atoms with Gasteiger partial charge in [0.25, 0.3) is 0 Å². The Labute approximate surface area is 152 Å². The molecule has 0 radical (unpaired) electrons. The summed E-state index contributed by atoms with van der Waals surface area (Å²) in [5, 5.41) is 0. The monoisotopic (exact) mass is 372 g/mol. The standard InChI is InChI=1S/C18H32O6Si/c1-6-15-14-18(15,17(20)22-7-2)16(19)12-10-11-13-25(21-5,23-8-3)24-9-4/h6,15H,1,7-14H2,2-5H3. The van der Waals surface area contributed by atoms with Crippen LogP contribution in [0.5, 0.6) is 0 Å². The first-order chi connectivity index (χ1) is 12.0. The van der Waals surface area contributed by atoms with Crippen molar-refractivity contribution in [1.29, 1.82) is 0 Å². The van der Waals surface area contributed by atoms with Gasteiger partial charge < -0.3 is 18.0 Å². The molecule has 1 aliphatic rings. The van der Waals surface area contributed by atoms with Crippen molar-refractivity contribution < 1.29 is 27.6 Å². The summed E-state index contributed by atoms with van der Waals surface area (Å²) in [6.07, 6.45) is 3.96. The van der Waals surface area contributed by atoms with Crippen LogP contribution in [0.3, 0.4) is 0 Å². The molecule has 0 aromatic carbocycles. The van der Waals surface area contributed by atoms with Gasteiger partial charge in [0.15, 0.2) is 5.78 Å². The number of allylic oxidation sites excluding steroid dienone is 1. The molecule has 1 saturated carbocycles. The van der Waals surface area contributed by atoms with Crippen LogP contribution in [0.25, 0.3) is 0 Å². The topological polar surface area (TPSA) is 71.1 Å². The maximum Gasteiger partial charge on any atom is 0.500 e. The molecule has 0 saturated heterocycles. The van der Waals surface area contributed by atoms with Crippen LogP contribution >= 0.6 is 0 Å². The van der Waals surface area contributed by atoms with E-state index >= 15 is 0 Å². The minimum absolute atomic E-state index is 0.0478. The van der Waals surface area contributed by atoms with Crippen molar-refractivity contribution in [2.75, 3.05) is 26.9 Å². The van der Waals surface area contributed by atoms with Gasteiger partial charge in [-0.1, -0.05) is 6.08 Å². The normalized spacial score (nSPS) is 22.5. The number of esters is 1. The highest BCUT2D eigenvalue weighted by atomic mass is 28.4. The van der Waals surface area contributed by atoms with Gasteiger partial charge in [0.1, 0.15) is 5.41 Å². The lowest BCUT2D eigenvalue weighted by Crippen LogP contribution is -2.44. The Hall–Kier alpha value is -1.02. The second-order valence-corrected chi connectivity index (χ2v) is 8.97. The van der Waals surface area contributed by atoms with E-state index in [4.69, 9.17) is 18.0 Å². The third kappa shape index (κ3) is 5.23. The number of hydrogen-bond donors (Lipinski definition) is 0. The lowest BCUT2D eigenvalue weighted by molar-refractivity contribution is -0.154. The van der Waals surface area contributed by atoms with E-state index in [0.717, 1.165) is 6.42 Å². The van der Waals surface area contributed by atoms with Crippen molar-refractivity contribution in [3.05, 3.63) is 12.7 Å². The summed E-state index contributed by atoms with van der Waals surface area (Å²) in [7, 11) is -1.04. The SMILES string of the molecule is C=CC1CC1(C(=O)CCCC[Si](OC)(OCC)OCC)C(=O)OCC. The number of hydrogen-bond acceptors (Lipinski definition) is 6. The van der Waals surface area contributed by atoms with Crippen molar-refractivity contribution in [2.24, 2.45) is 11.3 Å². The first kappa shape index (κ1) is 22.0. The van der Waals surface area contributed by atoms with Gasteiger partial charge in [-0.2, -0.15) is 0 Å². The summed E-state index contributed by atoms with van der Waals surface area (Å²) in [6.45, 7) is 10.6. The number of rotatable bonds is 14. The number of carbonyl (C=O) groups is 2. The summed E-state index contributed by atoms with van der Waals surface area (Å²) in [5.41, 5.74) is -0.993. The summed E-state index contributed by atoms with van der Waals surface area (Å²) in [5.74, 6) is -0.555. The van der Waals surface area contributed by atoms with Crippen molar-refractivity contribution in [3.63, 3.8) is 0 Å². The number of ketones is 1. The zero-order chi connectivity index (χ0) is 18.9. The van der Waals surface area contributed by atoms with Gasteiger partial charge in [-0.15, -0.1) is 6.58 Å². The van der Waals surface area contributed by atoms with E-state index < -0.39 is 20.2 Å². The van der Waals surface area contributed by atoms with Gasteiger partial charge in [-0.25, -0.2) is 0 Å². The van der Waals surface area contributed by atoms with Crippen LogP contribution in [-0.4, -0.2) is 47.5 Å². The van der Waals surface area contributed by atoms with Crippen LogP contribution in [0.15, 0.2) is 12.7 Å². The van der Waals surface area contributed by atoms with Gasteiger partial charge in [-0.3, -0.25) is 9.59 Å². The quantitative estimate of drug-likeness (QED) is 0.153. The summed E-state index contributed by atoms with van der Waals surface area (Å²) >= 11 is 0. The Bertz CT molecular complexity index is 460. The van der Waals surface area contributed by atoms with Crippen molar-refractivity contribution in [3.8, 4) is 0 Å². The molecule has 0 aliphatic heterocycles.